The van der Waals surface area contributed by atoms with Crippen LogP contribution in [0.25, 0.3) is 0 Å². The Balaban J connectivity index is 1.89. The van der Waals surface area contributed by atoms with Gasteiger partial charge in [-0.1, -0.05) is 29.8 Å². The molecule has 0 atom stereocenters. The smallest absolute Gasteiger partial charge is 0.240 e. The Hall–Kier alpha value is -1.51. The van der Waals surface area contributed by atoms with Crippen LogP contribution in [-0.4, -0.2) is 39.4 Å². The number of benzene rings is 2. The van der Waals surface area contributed by atoms with E-state index in [0.29, 0.717) is 22.5 Å². The molecule has 0 heterocycles. The number of anilines is 1. The minimum absolute atomic E-state index is 0.253. The van der Waals surface area contributed by atoms with E-state index in [4.69, 9.17) is 0 Å². The van der Waals surface area contributed by atoms with Crippen molar-refractivity contribution in [3.63, 3.8) is 0 Å². The van der Waals surface area contributed by atoms with Crippen molar-refractivity contribution in [1.82, 2.24) is 5.32 Å². The quantitative estimate of drug-likeness (QED) is 0.487. The average Bonchev–Trinajstić information content (AvgIpc) is 2.58. The highest BCUT2D eigenvalue weighted by molar-refractivity contribution is 9.10. The van der Waals surface area contributed by atoms with Gasteiger partial charge in [-0.25, -0.2) is 8.42 Å². The van der Waals surface area contributed by atoms with E-state index < -0.39 is 10.0 Å². The van der Waals surface area contributed by atoms with E-state index in [1.807, 2.05) is 31.2 Å². The third-order valence-corrected chi connectivity index (χ3v) is 6.33. The first kappa shape index (κ1) is 20.8. The van der Waals surface area contributed by atoms with Crippen LogP contribution in [0.3, 0.4) is 0 Å². The minimum Gasteiger partial charge on any atom is -0.354 e. The zero-order valence-corrected chi connectivity index (χ0v) is 17.8. The van der Waals surface area contributed by atoms with Gasteiger partial charge in [0.05, 0.1) is 11.9 Å². The second-order valence-corrected chi connectivity index (χ2v) is 9.66. The third kappa shape index (κ3) is 6.34. The van der Waals surface area contributed by atoms with Gasteiger partial charge in [0.2, 0.25) is 15.9 Å². The van der Waals surface area contributed by atoms with Gasteiger partial charge in [-0.15, -0.1) is 11.8 Å². The Morgan fingerprint density at radius 2 is 1.81 bits per heavy atom. The van der Waals surface area contributed by atoms with E-state index in [1.165, 1.54) is 5.56 Å². The van der Waals surface area contributed by atoms with Crippen molar-refractivity contribution in [2.24, 2.45) is 0 Å². The number of nitrogens with one attached hydrogen (secondary N) is 1. The Kier molecular flexibility index (Phi) is 7.55. The second-order valence-electron chi connectivity index (χ2n) is 5.73. The standard InChI is InChI=1S/C18H21BrN2O3S2/c1-14-7-9-15(10-8-14)25-12-11-20-18(22)13-21(26(2,23)24)17-6-4-3-5-16(17)19/h3-10H,11-13H2,1-2H3,(H,20,22). The molecule has 1 amide bonds. The molecule has 0 saturated carbocycles. The third-order valence-electron chi connectivity index (χ3n) is 3.52. The van der Waals surface area contributed by atoms with Crippen molar-refractivity contribution in [3.05, 3.63) is 58.6 Å². The number of para-hydroxylation sites is 1. The normalized spacial score (nSPS) is 11.2. The lowest BCUT2D eigenvalue weighted by Gasteiger charge is -2.23. The molecule has 5 nitrogen and oxygen atoms in total. The Morgan fingerprint density at radius 3 is 2.42 bits per heavy atom. The zero-order valence-electron chi connectivity index (χ0n) is 14.6. The number of halogens is 1. The maximum atomic E-state index is 12.2. The molecule has 26 heavy (non-hydrogen) atoms. The van der Waals surface area contributed by atoms with Crippen molar-refractivity contribution in [2.75, 3.05) is 29.4 Å². The van der Waals surface area contributed by atoms with Crippen LogP contribution in [0.15, 0.2) is 57.9 Å². The van der Waals surface area contributed by atoms with Crippen LogP contribution in [-0.2, 0) is 14.8 Å². The summed E-state index contributed by atoms with van der Waals surface area (Å²) in [5, 5.41) is 2.77. The highest BCUT2D eigenvalue weighted by atomic mass is 79.9. The van der Waals surface area contributed by atoms with Crippen molar-refractivity contribution < 1.29 is 13.2 Å². The monoisotopic (exact) mass is 456 g/mol. The maximum Gasteiger partial charge on any atom is 0.240 e. The Bertz CT molecular complexity index is 855. The molecule has 0 bridgehead atoms. The van der Waals surface area contributed by atoms with Gasteiger partial charge in [0, 0.05) is 21.7 Å². The van der Waals surface area contributed by atoms with Crippen LogP contribution < -0.4 is 9.62 Å². The molecule has 140 valence electrons. The number of thioether (sulfide) groups is 1. The molecule has 1 N–H and O–H groups in total. The fourth-order valence-electron chi connectivity index (χ4n) is 2.22. The van der Waals surface area contributed by atoms with Gasteiger partial charge in [-0.05, 0) is 47.1 Å². The van der Waals surface area contributed by atoms with Crippen molar-refractivity contribution >= 4 is 49.3 Å². The molecule has 0 aliphatic heterocycles. The van der Waals surface area contributed by atoms with Gasteiger partial charge in [0.25, 0.3) is 0 Å². The number of nitrogens with zero attached hydrogens (tertiary/aromatic N) is 1. The fraction of sp³-hybridized carbons (Fsp3) is 0.278. The molecule has 0 radical (unpaired) electrons. The highest BCUT2D eigenvalue weighted by Gasteiger charge is 2.22. The van der Waals surface area contributed by atoms with Crippen LogP contribution in [0.4, 0.5) is 5.69 Å². The van der Waals surface area contributed by atoms with Gasteiger partial charge >= 0.3 is 0 Å². The van der Waals surface area contributed by atoms with Gasteiger partial charge in [-0.2, -0.15) is 0 Å². The van der Waals surface area contributed by atoms with E-state index in [0.717, 1.165) is 15.5 Å². The van der Waals surface area contributed by atoms with Gasteiger partial charge in [0.1, 0.15) is 6.54 Å². The summed E-state index contributed by atoms with van der Waals surface area (Å²) in [5.41, 5.74) is 1.65. The van der Waals surface area contributed by atoms with Crippen LogP contribution in [0.2, 0.25) is 0 Å². The number of hydrogen-bond acceptors (Lipinski definition) is 4. The predicted molar refractivity (Wildman–Crippen MR) is 111 cm³/mol. The zero-order chi connectivity index (χ0) is 19.2. The molecule has 0 aromatic heterocycles. The Morgan fingerprint density at radius 1 is 1.15 bits per heavy atom. The van der Waals surface area contributed by atoms with Crippen LogP contribution >= 0.6 is 27.7 Å². The van der Waals surface area contributed by atoms with E-state index in [1.54, 1.807) is 36.0 Å². The topological polar surface area (TPSA) is 66.5 Å². The molecule has 0 fully saturated rings. The molecule has 2 aromatic rings. The lowest BCUT2D eigenvalue weighted by atomic mass is 10.2. The lowest BCUT2D eigenvalue weighted by Crippen LogP contribution is -2.41. The van der Waals surface area contributed by atoms with E-state index >= 15 is 0 Å². The number of rotatable bonds is 8. The van der Waals surface area contributed by atoms with Crippen LogP contribution in [0, 0.1) is 6.92 Å². The van der Waals surface area contributed by atoms with E-state index in [9.17, 15) is 13.2 Å². The first-order chi connectivity index (χ1) is 12.3. The second kappa shape index (κ2) is 9.43. The minimum atomic E-state index is -3.58. The summed E-state index contributed by atoms with van der Waals surface area (Å²) in [6.07, 6.45) is 1.09. The average molecular weight is 457 g/mol. The van der Waals surface area contributed by atoms with E-state index in [-0.39, 0.29) is 12.5 Å². The molecular formula is C18H21BrN2O3S2. The van der Waals surface area contributed by atoms with Crippen LogP contribution in [0.5, 0.6) is 0 Å². The molecule has 2 rings (SSSR count). The first-order valence-corrected chi connectivity index (χ1v) is 11.6. The lowest BCUT2D eigenvalue weighted by molar-refractivity contribution is -0.119. The highest BCUT2D eigenvalue weighted by Crippen LogP contribution is 2.27. The first-order valence-electron chi connectivity index (χ1n) is 7.96. The molecule has 8 heteroatoms. The number of carbonyl (C=O) groups excluding carboxylic acids is 1. The van der Waals surface area contributed by atoms with Gasteiger partial charge in [-0.3, -0.25) is 9.10 Å². The molecule has 2 aromatic carbocycles. The summed E-state index contributed by atoms with van der Waals surface area (Å²) in [5.74, 6) is 0.374. The number of hydrogen-bond donors (Lipinski definition) is 1. The SMILES string of the molecule is Cc1ccc(SCCNC(=O)CN(c2ccccc2Br)S(C)(=O)=O)cc1. The number of sulfonamides is 1. The van der Waals surface area contributed by atoms with Gasteiger partial charge in [0.15, 0.2) is 0 Å². The summed E-state index contributed by atoms with van der Waals surface area (Å²) in [7, 11) is -3.58. The Labute approximate surface area is 167 Å². The summed E-state index contributed by atoms with van der Waals surface area (Å²) >= 11 is 4.97. The van der Waals surface area contributed by atoms with E-state index in [2.05, 4.69) is 21.2 Å². The number of aryl methyl sites for hydroxylation is 1. The summed E-state index contributed by atoms with van der Waals surface area (Å²) < 4.78 is 25.9. The number of carbonyl (C=O) groups is 1. The molecule has 0 spiro atoms. The summed E-state index contributed by atoms with van der Waals surface area (Å²) in [6, 6.07) is 15.1. The van der Waals surface area contributed by atoms with Crippen molar-refractivity contribution in [1.29, 1.82) is 0 Å². The summed E-state index contributed by atoms with van der Waals surface area (Å²) in [4.78, 5) is 13.3. The van der Waals surface area contributed by atoms with Crippen molar-refractivity contribution in [2.45, 2.75) is 11.8 Å². The molecule has 0 aliphatic carbocycles. The summed E-state index contributed by atoms with van der Waals surface area (Å²) in [6.45, 7) is 2.24. The largest absolute Gasteiger partial charge is 0.354 e. The predicted octanol–water partition coefficient (Wildman–Crippen LogP) is 3.43. The van der Waals surface area contributed by atoms with Crippen LogP contribution in [0.1, 0.15) is 5.56 Å². The van der Waals surface area contributed by atoms with Crippen molar-refractivity contribution in [3.8, 4) is 0 Å². The maximum absolute atomic E-state index is 12.2. The molecule has 0 saturated heterocycles. The van der Waals surface area contributed by atoms with Gasteiger partial charge < -0.3 is 5.32 Å². The molecular weight excluding hydrogens is 436 g/mol. The fourth-order valence-corrected chi connectivity index (χ4v) is 4.47. The molecule has 0 unspecified atom stereocenters. The molecule has 0 aliphatic rings. The number of amides is 1.